The average Bonchev–Trinajstić information content (AvgIpc) is 2.58. The van der Waals surface area contributed by atoms with E-state index < -0.39 is 0 Å². The summed E-state index contributed by atoms with van der Waals surface area (Å²) in [6, 6.07) is 13.4. The van der Waals surface area contributed by atoms with Crippen LogP contribution in [0.15, 0.2) is 48.5 Å². The minimum Gasteiger partial charge on any atom is -0.491 e. The number of nitrogens with one attached hydrogen (secondary N) is 1. The van der Waals surface area contributed by atoms with E-state index in [0.717, 1.165) is 11.3 Å². The second-order valence-corrected chi connectivity index (χ2v) is 5.63. The Morgan fingerprint density at radius 2 is 1.79 bits per heavy atom. The van der Waals surface area contributed by atoms with E-state index in [4.69, 9.17) is 9.47 Å². The van der Waals surface area contributed by atoms with Crippen LogP contribution in [0, 0.1) is 5.82 Å². The van der Waals surface area contributed by atoms with E-state index >= 15 is 0 Å². The van der Waals surface area contributed by atoms with Crippen molar-refractivity contribution in [3.63, 3.8) is 0 Å². The molecule has 2 aromatic rings. The van der Waals surface area contributed by atoms with Gasteiger partial charge in [0.05, 0.1) is 6.54 Å². The minimum absolute atomic E-state index is 0.117. The highest BCUT2D eigenvalue weighted by atomic mass is 19.1. The number of carbonyl (C=O) groups excluding carboxylic acids is 1. The van der Waals surface area contributed by atoms with Gasteiger partial charge in [0, 0.05) is 0 Å². The van der Waals surface area contributed by atoms with Crippen LogP contribution >= 0.6 is 0 Å². The first-order valence-corrected chi connectivity index (χ1v) is 7.93. The molecule has 5 heteroatoms. The molecule has 0 aliphatic rings. The topological polar surface area (TPSA) is 47.6 Å². The second kappa shape index (κ2) is 8.91. The normalized spacial score (nSPS) is 10.5. The highest BCUT2D eigenvalue weighted by Gasteiger charge is 2.07. The molecule has 0 spiro atoms. The number of hydrogen-bond donors (Lipinski definition) is 1. The van der Waals surface area contributed by atoms with Gasteiger partial charge in [-0.25, -0.2) is 4.39 Å². The van der Waals surface area contributed by atoms with E-state index in [1.54, 1.807) is 0 Å². The van der Waals surface area contributed by atoms with E-state index in [1.807, 2.05) is 24.3 Å². The molecule has 2 aromatic carbocycles. The Labute approximate surface area is 141 Å². The fraction of sp³-hybridized carbons (Fsp3) is 0.316. The molecule has 2 rings (SSSR count). The fourth-order valence-electron chi connectivity index (χ4n) is 2.17. The van der Waals surface area contributed by atoms with Gasteiger partial charge in [-0.1, -0.05) is 32.0 Å². The van der Waals surface area contributed by atoms with Gasteiger partial charge < -0.3 is 14.8 Å². The van der Waals surface area contributed by atoms with Gasteiger partial charge in [0.2, 0.25) is 0 Å². The predicted octanol–water partition coefficient (Wildman–Crippen LogP) is 3.52. The number of para-hydroxylation sites is 1. The van der Waals surface area contributed by atoms with Gasteiger partial charge >= 0.3 is 0 Å². The van der Waals surface area contributed by atoms with Crippen LogP contribution in [0.25, 0.3) is 0 Å². The number of benzene rings is 2. The summed E-state index contributed by atoms with van der Waals surface area (Å²) in [6.07, 6.45) is 0. The van der Waals surface area contributed by atoms with Crippen LogP contribution in [-0.2, 0) is 4.79 Å². The molecule has 4 nitrogen and oxygen atoms in total. The summed E-state index contributed by atoms with van der Waals surface area (Å²) in [5.74, 6) is 1.07. The SMILES string of the molecule is CC(C)c1ccccc1OCCNC(=O)COc1ccc(F)cc1. The minimum atomic E-state index is -0.342. The van der Waals surface area contributed by atoms with Crippen LogP contribution in [0.3, 0.4) is 0 Å². The number of carbonyl (C=O) groups is 1. The van der Waals surface area contributed by atoms with Crippen molar-refractivity contribution < 1.29 is 18.7 Å². The van der Waals surface area contributed by atoms with Gasteiger partial charge in [0.15, 0.2) is 6.61 Å². The largest absolute Gasteiger partial charge is 0.491 e. The molecule has 0 saturated carbocycles. The molecule has 0 fully saturated rings. The second-order valence-electron chi connectivity index (χ2n) is 5.63. The van der Waals surface area contributed by atoms with Crippen molar-refractivity contribution >= 4 is 5.91 Å². The summed E-state index contributed by atoms with van der Waals surface area (Å²) in [5, 5.41) is 2.72. The zero-order chi connectivity index (χ0) is 17.4. The van der Waals surface area contributed by atoms with Gasteiger partial charge in [0.1, 0.15) is 23.9 Å². The smallest absolute Gasteiger partial charge is 0.258 e. The van der Waals surface area contributed by atoms with Crippen LogP contribution in [0.1, 0.15) is 25.3 Å². The number of rotatable bonds is 8. The van der Waals surface area contributed by atoms with Crippen molar-refractivity contribution in [2.45, 2.75) is 19.8 Å². The zero-order valence-corrected chi connectivity index (χ0v) is 13.9. The summed E-state index contributed by atoms with van der Waals surface area (Å²) < 4.78 is 23.8. The lowest BCUT2D eigenvalue weighted by Crippen LogP contribution is -2.32. The highest BCUT2D eigenvalue weighted by molar-refractivity contribution is 5.77. The van der Waals surface area contributed by atoms with Crippen LogP contribution in [-0.4, -0.2) is 25.7 Å². The molecule has 0 saturated heterocycles. The van der Waals surface area contributed by atoms with E-state index in [9.17, 15) is 9.18 Å². The Hall–Kier alpha value is -2.56. The van der Waals surface area contributed by atoms with Crippen LogP contribution in [0.2, 0.25) is 0 Å². The van der Waals surface area contributed by atoms with Crippen LogP contribution in [0.4, 0.5) is 4.39 Å². The first kappa shape index (κ1) is 17.8. The van der Waals surface area contributed by atoms with Gasteiger partial charge in [-0.05, 0) is 41.8 Å². The Morgan fingerprint density at radius 3 is 2.50 bits per heavy atom. The molecule has 24 heavy (non-hydrogen) atoms. The van der Waals surface area contributed by atoms with Gasteiger partial charge in [0.25, 0.3) is 5.91 Å². The Morgan fingerprint density at radius 1 is 1.08 bits per heavy atom. The first-order chi connectivity index (χ1) is 11.6. The van der Waals surface area contributed by atoms with Crippen LogP contribution < -0.4 is 14.8 Å². The van der Waals surface area contributed by atoms with Crippen molar-refractivity contribution in [1.29, 1.82) is 0 Å². The third-order valence-electron chi connectivity index (χ3n) is 3.41. The molecule has 0 unspecified atom stereocenters. The lowest BCUT2D eigenvalue weighted by Gasteiger charge is -2.14. The van der Waals surface area contributed by atoms with Gasteiger partial charge in [-0.3, -0.25) is 4.79 Å². The van der Waals surface area contributed by atoms with E-state index in [0.29, 0.717) is 24.8 Å². The molecule has 1 N–H and O–H groups in total. The number of ether oxygens (including phenoxy) is 2. The maximum atomic E-state index is 12.8. The Balaban J connectivity index is 1.69. The summed E-state index contributed by atoms with van der Waals surface area (Å²) in [5.41, 5.74) is 1.14. The Kier molecular flexibility index (Phi) is 6.61. The van der Waals surface area contributed by atoms with Crippen molar-refractivity contribution in [2.24, 2.45) is 0 Å². The Bertz CT molecular complexity index is 656. The third-order valence-corrected chi connectivity index (χ3v) is 3.41. The first-order valence-electron chi connectivity index (χ1n) is 7.93. The summed E-state index contributed by atoms with van der Waals surface area (Å²) in [6.45, 7) is 4.87. The van der Waals surface area contributed by atoms with Crippen LogP contribution in [0.5, 0.6) is 11.5 Å². The quantitative estimate of drug-likeness (QED) is 0.753. The molecule has 0 aromatic heterocycles. The predicted molar refractivity (Wildman–Crippen MR) is 90.9 cm³/mol. The standard InChI is InChI=1S/C19H22FNO3/c1-14(2)17-5-3-4-6-18(17)23-12-11-21-19(22)13-24-16-9-7-15(20)8-10-16/h3-10,14H,11-13H2,1-2H3,(H,21,22). The van der Waals surface area contributed by atoms with Gasteiger partial charge in [-0.2, -0.15) is 0 Å². The molecule has 0 radical (unpaired) electrons. The van der Waals surface area contributed by atoms with E-state index in [1.165, 1.54) is 24.3 Å². The number of hydrogen-bond acceptors (Lipinski definition) is 3. The van der Waals surface area contributed by atoms with Crippen molar-refractivity contribution in [2.75, 3.05) is 19.8 Å². The summed E-state index contributed by atoms with van der Waals surface area (Å²) >= 11 is 0. The molecule has 128 valence electrons. The molecule has 0 aliphatic carbocycles. The van der Waals surface area contributed by atoms with E-state index in [-0.39, 0.29) is 18.3 Å². The molecule has 0 heterocycles. The van der Waals surface area contributed by atoms with Crippen molar-refractivity contribution in [1.82, 2.24) is 5.32 Å². The maximum Gasteiger partial charge on any atom is 0.258 e. The average molecular weight is 331 g/mol. The number of amides is 1. The molecule has 0 atom stereocenters. The number of halogens is 1. The van der Waals surface area contributed by atoms with Crippen molar-refractivity contribution in [3.8, 4) is 11.5 Å². The molecular formula is C19H22FNO3. The summed E-state index contributed by atoms with van der Waals surface area (Å²) in [7, 11) is 0. The van der Waals surface area contributed by atoms with Gasteiger partial charge in [-0.15, -0.1) is 0 Å². The fourth-order valence-corrected chi connectivity index (χ4v) is 2.17. The zero-order valence-electron chi connectivity index (χ0n) is 13.9. The lowest BCUT2D eigenvalue weighted by atomic mass is 10.0. The summed E-state index contributed by atoms with van der Waals surface area (Å²) in [4.78, 5) is 11.7. The molecule has 0 bridgehead atoms. The van der Waals surface area contributed by atoms with Crippen molar-refractivity contribution in [3.05, 3.63) is 59.9 Å². The third kappa shape index (κ3) is 5.57. The highest BCUT2D eigenvalue weighted by Crippen LogP contribution is 2.25. The molecular weight excluding hydrogens is 309 g/mol. The monoisotopic (exact) mass is 331 g/mol. The molecule has 1 amide bonds. The van der Waals surface area contributed by atoms with E-state index in [2.05, 4.69) is 19.2 Å². The molecule has 0 aliphatic heterocycles. The lowest BCUT2D eigenvalue weighted by molar-refractivity contribution is -0.123. The maximum absolute atomic E-state index is 12.8.